The van der Waals surface area contributed by atoms with Crippen LogP contribution in [0, 0.1) is 11.3 Å². The van der Waals surface area contributed by atoms with Crippen LogP contribution in [0.5, 0.6) is 0 Å². The SMILES string of the molecule is CCNC(=NCC1CCCC1O)N1CCC2(CCC2)C1.I. The molecule has 1 saturated heterocycles. The molecule has 1 heterocycles. The molecule has 3 rings (SSSR count). The molecule has 0 amide bonds. The second kappa shape index (κ2) is 7.49. The van der Waals surface area contributed by atoms with Crippen molar-refractivity contribution in [1.82, 2.24) is 10.2 Å². The number of aliphatic imine (C=N–C) groups is 1. The lowest BCUT2D eigenvalue weighted by atomic mass is 9.68. The summed E-state index contributed by atoms with van der Waals surface area (Å²) in [4.78, 5) is 7.27. The van der Waals surface area contributed by atoms with Gasteiger partial charge in [-0.2, -0.15) is 0 Å². The minimum atomic E-state index is -0.127. The molecule has 1 spiro atoms. The first-order chi connectivity index (χ1) is 9.72. The average Bonchev–Trinajstić information content (AvgIpc) is 3.01. The van der Waals surface area contributed by atoms with E-state index < -0.39 is 0 Å². The van der Waals surface area contributed by atoms with Crippen molar-refractivity contribution in [3.8, 4) is 0 Å². The minimum Gasteiger partial charge on any atom is -0.393 e. The maximum atomic E-state index is 9.92. The van der Waals surface area contributed by atoms with Gasteiger partial charge >= 0.3 is 0 Å². The van der Waals surface area contributed by atoms with E-state index in [0.717, 1.165) is 44.9 Å². The predicted molar refractivity (Wildman–Crippen MR) is 97.2 cm³/mol. The van der Waals surface area contributed by atoms with Crippen molar-refractivity contribution in [3.63, 3.8) is 0 Å². The lowest BCUT2D eigenvalue weighted by molar-refractivity contribution is 0.136. The Hall–Kier alpha value is -0.0400. The maximum Gasteiger partial charge on any atom is 0.193 e. The molecule has 1 aliphatic heterocycles. The first-order valence-corrected chi connectivity index (χ1v) is 8.44. The predicted octanol–water partition coefficient (Wildman–Crippen LogP) is 2.61. The van der Waals surface area contributed by atoms with Gasteiger partial charge in [0.15, 0.2) is 5.96 Å². The molecule has 3 fully saturated rings. The van der Waals surface area contributed by atoms with Gasteiger partial charge in [0, 0.05) is 32.1 Å². The maximum absolute atomic E-state index is 9.92. The summed E-state index contributed by atoms with van der Waals surface area (Å²) in [6.07, 6.45) is 8.69. The Balaban J connectivity index is 0.00000161. The molecule has 0 radical (unpaired) electrons. The van der Waals surface area contributed by atoms with Crippen LogP contribution in [-0.2, 0) is 0 Å². The standard InChI is InChI=1S/C16H29N3O.HI/c1-2-17-15(18-11-13-5-3-6-14(13)20)19-10-9-16(12-19)7-4-8-16;/h13-14,20H,2-12H2,1H3,(H,17,18);1H. The third kappa shape index (κ3) is 3.84. The van der Waals surface area contributed by atoms with Gasteiger partial charge < -0.3 is 15.3 Å². The van der Waals surface area contributed by atoms with Crippen LogP contribution in [0.25, 0.3) is 0 Å². The Morgan fingerprint density at radius 1 is 1.29 bits per heavy atom. The number of aliphatic hydroxyl groups excluding tert-OH is 1. The monoisotopic (exact) mass is 407 g/mol. The third-order valence-electron chi connectivity index (χ3n) is 5.58. The van der Waals surface area contributed by atoms with Crippen molar-refractivity contribution in [2.45, 2.75) is 58.0 Å². The van der Waals surface area contributed by atoms with Crippen LogP contribution >= 0.6 is 24.0 Å². The molecule has 4 nitrogen and oxygen atoms in total. The molecule has 0 aromatic rings. The van der Waals surface area contributed by atoms with E-state index in [1.165, 1.54) is 32.2 Å². The van der Waals surface area contributed by atoms with Gasteiger partial charge in [0.25, 0.3) is 0 Å². The van der Waals surface area contributed by atoms with E-state index in [0.29, 0.717) is 11.3 Å². The van der Waals surface area contributed by atoms with Gasteiger partial charge in [-0.3, -0.25) is 4.99 Å². The van der Waals surface area contributed by atoms with E-state index in [9.17, 15) is 5.11 Å². The number of nitrogens with zero attached hydrogens (tertiary/aromatic N) is 2. The summed E-state index contributed by atoms with van der Waals surface area (Å²) in [6.45, 7) is 6.18. The van der Waals surface area contributed by atoms with Crippen LogP contribution in [0.2, 0.25) is 0 Å². The lowest BCUT2D eigenvalue weighted by Gasteiger charge is -2.38. The molecular formula is C16H30IN3O. The van der Waals surface area contributed by atoms with Crippen molar-refractivity contribution in [2.24, 2.45) is 16.3 Å². The normalized spacial score (nSPS) is 31.1. The first kappa shape index (κ1) is 17.3. The molecule has 0 bridgehead atoms. The Labute approximate surface area is 145 Å². The molecular weight excluding hydrogens is 377 g/mol. The van der Waals surface area contributed by atoms with E-state index >= 15 is 0 Å². The number of hydrogen-bond acceptors (Lipinski definition) is 2. The zero-order valence-corrected chi connectivity index (χ0v) is 15.5. The molecule has 2 aliphatic carbocycles. The molecule has 5 heteroatoms. The second-order valence-electron chi connectivity index (χ2n) is 6.98. The van der Waals surface area contributed by atoms with E-state index in [4.69, 9.17) is 4.99 Å². The van der Waals surface area contributed by atoms with Gasteiger partial charge in [-0.05, 0) is 44.4 Å². The molecule has 2 N–H and O–H groups in total. The molecule has 21 heavy (non-hydrogen) atoms. The van der Waals surface area contributed by atoms with Crippen LogP contribution in [0.4, 0.5) is 0 Å². The average molecular weight is 407 g/mol. The highest BCUT2D eigenvalue weighted by atomic mass is 127. The van der Waals surface area contributed by atoms with Crippen molar-refractivity contribution >= 4 is 29.9 Å². The number of rotatable bonds is 3. The van der Waals surface area contributed by atoms with Crippen molar-refractivity contribution in [3.05, 3.63) is 0 Å². The summed E-state index contributed by atoms with van der Waals surface area (Å²) in [5, 5.41) is 13.4. The summed E-state index contributed by atoms with van der Waals surface area (Å²) >= 11 is 0. The fourth-order valence-electron chi connectivity index (χ4n) is 4.06. The summed E-state index contributed by atoms with van der Waals surface area (Å²) in [7, 11) is 0. The van der Waals surface area contributed by atoms with Crippen LogP contribution in [0.3, 0.4) is 0 Å². The molecule has 2 saturated carbocycles. The lowest BCUT2D eigenvalue weighted by Crippen LogP contribution is -2.43. The van der Waals surface area contributed by atoms with Crippen molar-refractivity contribution in [2.75, 3.05) is 26.2 Å². The van der Waals surface area contributed by atoms with Gasteiger partial charge in [0.2, 0.25) is 0 Å². The zero-order chi connectivity index (χ0) is 14.0. The van der Waals surface area contributed by atoms with Gasteiger partial charge in [-0.1, -0.05) is 12.8 Å². The smallest absolute Gasteiger partial charge is 0.193 e. The Bertz CT molecular complexity index is 371. The van der Waals surface area contributed by atoms with E-state index in [-0.39, 0.29) is 30.1 Å². The number of likely N-dealkylation sites (tertiary alicyclic amines) is 1. The molecule has 0 aromatic heterocycles. The van der Waals surface area contributed by atoms with Gasteiger partial charge in [0.05, 0.1) is 6.10 Å². The highest BCUT2D eigenvalue weighted by molar-refractivity contribution is 14.0. The topological polar surface area (TPSA) is 47.9 Å². The summed E-state index contributed by atoms with van der Waals surface area (Å²) in [5.74, 6) is 1.46. The third-order valence-corrected chi connectivity index (χ3v) is 5.58. The Morgan fingerprint density at radius 3 is 2.62 bits per heavy atom. The van der Waals surface area contributed by atoms with Gasteiger partial charge in [-0.15, -0.1) is 24.0 Å². The van der Waals surface area contributed by atoms with Crippen molar-refractivity contribution < 1.29 is 5.11 Å². The fourth-order valence-corrected chi connectivity index (χ4v) is 4.06. The molecule has 2 atom stereocenters. The van der Waals surface area contributed by atoms with Crippen molar-refractivity contribution in [1.29, 1.82) is 0 Å². The van der Waals surface area contributed by atoms with Gasteiger partial charge in [0.1, 0.15) is 0 Å². The van der Waals surface area contributed by atoms with Crippen LogP contribution in [0.1, 0.15) is 51.9 Å². The molecule has 3 aliphatic rings. The van der Waals surface area contributed by atoms with E-state index in [2.05, 4.69) is 17.1 Å². The number of aliphatic hydroxyl groups is 1. The highest BCUT2D eigenvalue weighted by Crippen LogP contribution is 2.47. The minimum absolute atomic E-state index is 0. The quantitative estimate of drug-likeness (QED) is 0.430. The first-order valence-electron chi connectivity index (χ1n) is 8.44. The zero-order valence-electron chi connectivity index (χ0n) is 13.2. The molecule has 122 valence electrons. The van der Waals surface area contributed by atoms with Gasteiger partial charge in [-0.25, -0.2) is 0 Å². The molecule has 0 aromatic carbocycles. The fraction of sp³-hybridized carbons (Fsp3) is 0.938. The van der Waals surface area contributed by atoms with Crippen LogP contribution < -0.4 is 5.32 Å². The number of guanidine groups is 1. The Kier molecular flexibility index (Phi) is 6.17. The van der Waals surface area contributed by atoms with Crippen LogP contribution in [0.15, 0.2) is 4.99 Å². The van der Waals surface area contributed by atoms with Crippen LogP contribution in [-0.4, -0.2) is 48.2 Å². The summed E-state index contributed by atoms with van der Waals surface area (Å²) in [5.41, 5.74) is 0.614. The van der Waals surface area contributed by atoms with E-state index in [1.54, 1.807) is 0 Å². The highest BCUT2D eigenvalue weighted by Gasteiger charge is 2.43. The summed E-state index contributed by atoms with van der Waals surface area (Å²) in [6, 6.07) is 0. The number of hydrogen-bond donors (Lipinski definition) is 2. The summed E-state index contributed by atoms with van der Waals surface area (Å²) < 4.78 is 0. The number of halogens is 1. The second-order valence-corrected chi connectivity index (χ2v) is 6.98. The largest absolute Gasteiger partial charge is 0.393 e. The molecule has 2 unspecified atom stereocenters. The number of nitrogens with one attached hydrogen (secondary N) is 1. The Morgan fingerprint density at radius 2 is 2.10 bits per heavy atom. The van der Waals surface area contributed by atoms with E-state index in [1.807, 2.05) is 0 Å².